The number of carboxylic acids is 1. The molecular formula is C25H26N4O3S. The van der Waals surface area contributed by atoms with Crippen LogP contribution in [0.4, 0.5) is 0 Å². The molecule has 0 aliphatic carbocycles. The number of amides is 1. The van der Waals surface area contributed by atoms with Crippen LogP contribution in [0.2, 0.25) is 0 Å². The summed E-state index contributed by atoms with van der Waals surface area (Å²) in [6.45, 7) is 4.83. The lowest BCUT2D eigenvalue weighted by Crippen LogP contribution is -2.10. The molecule has 170 valence electrons. The summed E-state index contributed by atoms with van der Waals surface area (Å²) in [5.74, 6) is -1.30. The molecule has 4 rings (SSSR count). The average molecular weight is 463 g/mol. The van der Waals surface area contributed by atoms with Crippen LogP contribution in [0.15, 0.2) is 66.0 Å². The van der Waals surface area contributed by atoms with E-state index >= 15 is 0 Å². The molecule has 0 aliphatic rings. The SMILES string of the molecule is Cc1cc(C(=O)O)c(C)n1Cc1csc(-c2ccccc2)n1.NCc1ccc(C(N)=O)cc1. The van der Waals surface area contributed by atoms with Gasteiger partial charge in [0.15, 0.2) is 0 Å². The van der Waals surface area contributed by atoms with Gasteiger partial charge in [0.25, 0.3) is 0 Å². The lowest BCUT2D eigenvalue weighted by Gasteiger charge is -2.07. The van der Waals surface area contributed by atoms with Crippen LogP contribution in [-0.2, 0) is 13.1 Å². The maximum absolute atomic E-state index is 11.2. The third-order valence-corrected chi connectivity index (χ3v) is 6.11. The summed E-state index contributed by atoms with van der Waals surface area (Å²) in [4.78, 5) is 26.5. The summed E-state index contributed by atoms with van der Waals surface area (Å²) >= 11 is 1.61. The number of carbonyl (C=O) groups excluding carboxylic acids is 1. The first-order valence-electron chi connectivity index (χ1n) is 10.3. The smallest absolute Gasteiger partial charge is 0.337 e. The molecule has 33 heavy (non-hydrogen) atoms. The van der Waals surface area contributed by atoms with Crippen LogP contribution in [-0.4, -0.2) is 26.5 Å². The Bertz CT molecular complexity index is 1240. The molecule has 0 spiro atoms. The van der Waals surface area contributed by atoms with E-state index in [-0.39, 0.29) is 0 Å². The maximum atomic E-state index is 11.2. The Kier molecular flexibility index (Phi) is 7.76. The first-order chi connectivity index (χ1) is 15.8. The van der Waals surface area contributed by atoms with Crippen molar-refractivity contribution in [2.75, 3.05) is 0 Å². The van der Waals surface area contributed by atoms with Gasteiger partial charge in [-0.3, -0.25) is 4.79 Å². The van der Waals surface area contributed by atoms with Crippen LogP contribution in [0.25, 0.3) is 10.6 Å². The van der Waals surface area contributed by atoms with E-state index in [1.54, 1.807) is 41.7 Å². The zero-order valence-corrected chi connectivity index (χ0v) is 19.3. The largest absolute Gasteiger partial charge is 0.478 e. The van der Waals surface area contributed by atoms with E-state index in [2.05, 4.69) is 4.98 Å². The van der Waals surface area contributed by atoms with Gasteiger partial charge >= 0.3 is 5.97 Å². The number of aromatic nitrogens is 2. The van der Waals surface area contributed by atoms with Crippen LogP contribution < -0.4 is 11.5 Å². The fourth-order valence-corrected chi connectivity index (χ4v) is 4.14. The molecule has 0 atom stereocenters. The van der Waals surface area contributed by atoms with Gasteiger partial charge in [-0.25, -0.2) is 9.78 Å². The molecule has 2 aromatic heterocycles. The van der Waals surface area contributed by atoms with E-state index in [0.717, 1.165) is 33.2 Å². The highest BCUT2D eigenvalue weighted by Gasteiger charge is 2.15. The third-order valence-electron chi connectivity index (χ3n) is 5.17. The predicted octanol–water partition coefficient (Wildman–Crippen LogP) is 4.22. The highest BCUT2D eigenvalue weighted by Crippen LogP contribution is 2.25. The molecule has 0 bridgehead atoms. The summed E-state index contributed by atoms with van der Waals surface area (Å²) < 4.78 is 1.99. The molecule has 0 unspecified atom stereocenters. The number of aryl methyl sites for hydroxylation is 1. The molecule has 5 N–H and O–H groups in total. The van der Waals surface area contributed by atoms with E-state index < -0.39 is 11.9 Å². The Hall–Kier alpha value is -3.75. The standard InChI is InChI=1S/C17H16N2O2S.C8H10N2O/c1-11-8-15(17(20)21)12(2)19(11)9-14-10-22-16(18-14)13-6-4-3-5-7-13;9-5-6-1-3-7(4-2-6)8(10)11/h3-8,10H,9H2,1-2H3,(H,20,21);1-4H,5,9H2,(H2,10,11). The van der Waals surface area contributed by atoms with Crippen LogP contribution in [0, 0.1) is 13.8 Å². The maximum Gasteiger partial charge on any atom is 0.337 e. The van der Waals surface area contributed by atoms with Crippen molar-refractivity contribution in [1.82, 2.24) is 9.55 Å². The summed E-state index contributed by atoms with van der Waals surface area (Å²) in [6.07, 6.45) is 0. The van der Waals surface area contributed by atoms with Crippen LogP contribution >= 0.6 is 11.3 Å². The summed E-state index contributed by atoms with van der Waals surface area (Å²) in [5, 5.41) is 12.2. The molecule has 2 heterocycles. The fourth-order valence-electron chi connectivity index (χ4n) is 3.32. The number of hydrogen-bond acceptors (Lipinski definition) is 5. The average Bonchev–Trinajstić information content (AvgIpc) is 3.40. The highest BCUT2D eigenvalue weighted by atomic mass is 32.1. The second kappa shape index (κ2) is 10.7. The Morgan fingerprint density at radius 1 is 1.06 bits per heavy atom. The summed E-state index contributed by atoms with van der Waals surface area (Å²) in [6, 6.07) is 18.7. The second-order valence-electron chi connectivity index (χ2n) is 7.45. The van der Waals surface area contributed by atoms with Gasteiger partial charge in [0.2, 0.25) is 5.91 Å². The van der Waals surface area contributed by atoms with Crippen molar-refractivity contribution in [3.8, 4) is 10.6 Å². The number of rotatable bonds is 6. The number of benzene rings is 2. The van der Waals surface area contributed by atoms with Gasteiger partial charge in [-0.15, -0.1) is 11.3 Å². The Morgan fingerprint density at radius 2 is 1.73 bits per heavy atom. The summed E-state index contributed by atoms with van der Waals surface area (Å²) in [7, 11) is 0. The first kappa shape index (κ1) is 23.9. The molecule has 1 amide bonds. The monoisotopic (exact) mass is 462 g/mol. The number of hydrogen-bond donors (Lipinski definition) is 3. The van der Waals surface area contributed by atoms with Crippen molar-refractivity contribution in [3.63, 3.8) is 0 Å². The van der Waals surface area contributed by atoms with Gasteiger partial charge in [0.1, 0.15) is 5.01 Å². The lowest BCUT2D eigenvalue weighted by atomic mass is 10.1. The Morgan fingerprint density at radius 3 is 2.27 bits per heavy atom. The van der Waals surface area contributed by atoms with Gasteiger partial charge in [0, 0.05) is 34.4 Å². The molecule has 0 aliphatic heterocycles. The van der Waals surface area contributed by atoms with E-state index in [9.17, 15) is 14.7 Å². The van der Waals surface area contributed by atoms with Gasteiger partial charge < -0.3 is 21.1 Å². The van der Waals surface area contributed by atoms with Crippen molar-refractivity contribution in [1.29, 1.82) is 0 Å². The zero-order valence-electron chi connectivity index (χ0n) is 18.5. The van der Waals surface area contributed by atoms with Crippen molar-refractivity contribution in [3.05, 3.63) is 99.8 Å². The second-order valence-corrected chi connectivity index (χ2v) is 8.31. The first-order valence-corrected chi connectivity index (χ1v) is 11.2. The van der Waals surface area contributed by atoms with Gasteiger partial charge in [-0.2, -0.15) is 0 Å². The van der Waals surface area contributed by atoms with Gasteiger partial charge in [-0.1, -0.05) is 42.5 Å². The number of primary amides is 1. The van der Waals surface area contributed by atoms with Gasteiger partial charge in [-0.05, 0) is 37.6 Å². The minimum absolute atomic E-state index is 0.357. The topological polar surface area (TPSA) is 124 Å². The molecule has 2 aromatic carbocycles. The van der Waals surface area contributed by atoms with E-state index in [0.29, 0.717) is 24.2 Å². The number of aromatic carboxylic acids is 1. The quantitative estimate of drug-likeness (QED) is 0.396. The van der Waals surface area contributed by atoms with E-state index in [1.807, 2.05) is 54.1 Å². The molecule has 0 saturated heterocycles. The molecule has 0 saturated carbocycles. The normalized spacial score (nSPS) is 10.4. The van der Waals surface area contributed by atoms with E-state index in [1.165, 1.54) is 0 Å². The molecule has 7 nitrogen and oxygen atoms in total. The van der Waals surface area contributed by atoms with Crippen LogP contribution in [0.5, 0.6) is 0 Å². The summed E-state index contributed by atoms with van der Waals surface area (Å²) in [5.41, 5.74) is 16.0. The molecular weight excluding hydrogens is 436 g/mol. The third kappa shape index (κ3) is 5.94. The highest BCUT2D eigenvalue weighted by molar-refractivity contribution is 7.13. The number of carbonyl (C=O) groups is 2. The Labute approximate surface area is 196 Å². The molecule has 8 heteroatoms. The lowest BCUT2D eigenvalue weighted by molar-refractivity contribution is 0.0695. The minimum Gasteiger partial charge on any atom is -0.478 e. The van der Waals surface area contributed by atoms with E-state index in [4.69, 9.17) is 11.5 Å². The number of thiazole rings is 1. The molecule has 4 aromatic rings. The van der Waals surface area contributed by atoms with Crippen molar-refractivity contribution in [2.24, 2.45) is 11.5 Å². The molecule has 0 radical (unpaired) electrons. The number of nitrogens with zero attached hydrogens (tertiary/aromatic N) is 2. The van der Waals surface area contributed by atoms with Crippen molar-refractivity contribution >= 4 is 23.2 Å². The van der Waals surface area contributed by atoms with Crippen molar-refractivity contribution in [2.45, 2.75) is 26.9 Å². The van der Waals surface area contributed by atoms with Crippen LogP contribution in [0.3, 0.4) is 0 Å². The number of carboxylic acid groups (broad SMARTS) is 1. The zero-order chi connectivity index (χ0) is 24.0. The minimum atomic E-state index is -0.886. The van der Waals surface area contributed by atoms with Crippen LogP contribution in [0.1, 0.15) is 43.4 Å². The fraction of sp³-hybridized carbons (Fsp3) is 0.160. The Balaban J connectivity index is 0.000000235. The van der Waals surface area contributed by atoms with Crippen molar-refractivity contribution < 1.29 is 14.7 Å². The predicted molar refractivity (Wildman–Crippen MR) is 130 cm³/mol. The molecule has 0 fully saturated rings. The number of nitrogens with two attached hydrogens (primary N) is 2. The van der Waals surface area contributed by atoms with Gasteiger partial charge in [0.05, 0.1) is 17.8 Å².